The molecule has 1 amide bonds. The third-order valence-electron chi connectivity index (χ3n) is 3.24. The number of hydrogen-bond acceptors (Lipinski definition) is 4. The molecule has 0 atom stereocenters. The number of carbonyl (C=O) groups excluding carboxylic acids is 1. The van der Waals surface area contributed by atoms with Crippen LogP contribution in [0.5, 0.6) is 11.5 Å². The van der Waals surface area contributed by atoms with Crippen molar-refractivity contribution in [2.45, 2.75) is 13.8 Å². The van der Waals surface area contributed by atoms with Gasteiger partial charge in [0.05, 0.1) is 13.2 Å². The van der Waals surface area contributed by atoms with E-state index in [9.17, 15) is 4.79 Å². The van der Waals surface area contributed by atoms with Crippen molar-refractivity contribution in [2.24, 2.45) is 0 Å². The number of amides is 1. The number of rotatable bonds is 9. The number of carbonyl (C=O) groups is 1. The average Bonchev–Trinajstić information content (AvgIpc) is 2.61. The zero-order valence-electron chi connectivity index (χ0n) is 14.1. The van der Waals surface area contributed by atoms with E-state index in [0.29, 0.717) is 37.7 Å². The molecule has 0 aromatic heterocycles. The van der Waals surface area contributed by atoms with Gasteiger partial charge in [0.15, 0.2) is 0 Å². The molecule has 0 aliphatic rings. The Balaban J connectivity index is 1.87. The van der Waals surface area contributed by atoms with E-state index in [2.05, 4.69) is 5.32 Å². The second-order valence-corrected chi connectivity index (χ2v) is 4.98. The molecule has 0 unspecified atom stereocenters. The van der Waals surface area contributed by atoms with Gasteiger partial charge in [-0.2, -0.15) is 0 Å². The van der Waals surface area contributed by atoms with Gasteiger partial charge in [0.1, 0.15) is 18.1 Å². The van der Waals surface area contributed by atoms with Crippen LogP contribution in [0.15, 0.2) is 48.5 Å². The van der Waals surface area contributed by atoms with Gasteiger partial charge >= 0.3 is 0 Å². The molecule has 2 aromatic rings. The van der Waals surface area contributed by atoms with Gasteiger partial charge in [-0.15, -0.1) is 0 Å². The maximum Gasteiger partial charge on any atom is 0.255 e. The van der Waals surface area contributed by atoms with Crippen LogP contribution in [0.25, 0.3) is 0 Å². The predicted molar refractivity (Wildman–Crippen MR) is 94.0 cm³/mol. The molecule has 5 nitrogen and oxygen atoms in total. The topological polar surface area (TPSA) is 56.8 Å². The summed E-state index contributed by atoms with van der Waals surface area (Å²) in [5, 5.41) is 2.85. The van der Waals surface area contributed by atoms with Crippen LogP contribution in [0.3, 0.4) is 0 Å². The van der Waals surface area contributed by atoms with Crippen LogP contribution in [0.1, 0.15) is 24.2 Å². The quantitative estimate of drug-likeness (QED) is 0.712. The summed E-state index contributed by atoms with van der Waals surface area (Å²) in [6.07, 6.45) is 0. The molecule has 0 heterocycles. The van der Waals surface area contributed by atoms with Crippen LogP contribution in [-0.4, -0.2) is 32.3 Å². The lowest BCUT2D eigenvalue weighted by Gasteiger charge is -2.09. The monoisotopic (exact) mass is 329 g/mol. The fraction of sp³-hybridized carbons (Fsp3) is 0.316. The third-order valence-corrected chi connectivity index (χ3v) is 3.24. The molecule has 0 aliphatic carbocycles. The highest BCUT2D eigenvalue weighted by atomic mass is 16.5. The number of anilines is 1. The minimum absolute atomic E-state index is 0.167. The van der Waals surface area contributed by atoms with E-state index >= 15 is 0 Å². The van der Waals surface area contributed by atoms with E-state index in [-0.39, 0.29) is 5.91 Å². The Morgan fingerprint density at radius 2 is 1.46 bits per heavy atom. The molecule has 0 aliphatic heterocycles. The molecular weight excluding hydrogens is 306 g/mol. The second-order valence-electron chi connectivity index (χ2n) is 4.98. The summed E-state index contributed by atoms with van der Waals surface area (Å²) in [4.78, 5) is 12.2. The molecule has 128 valence electrons. The lowest BCUT2D eigenvalue weighted by Crippen LogP contribution is -2.12. The minimum Gasteiger partial charge on any atom is -0.494 e. The molecule has 5 heteroatoms. The fourth-order valence-electron chi connectivity index (χ4n) is 2.07. The summed E-state index contributed by atoms with van der Waals surface area (Å²) in [5.41, 5.74) is 1.29. The number of nitrogens with one attached hydrogen (secondary N) is 1. The molecule has 0 saturated heterocycles. The van der Waals surface area contributed by atoms with Gasteiger partial charge < -0.3 is 19.5 Å². The molecular formula is C19H23NO4. The van der Waals surface area contributed by atoms with Crippen LogP contribution in [0, 0.1) is 0 Å². The van der Waals surface area contributed by atoms with Gasteiger partial charge in [-0.3, -0.25) is 4.79 Å². The van der Waals surface area contributed by atoms with Crippen molar-refractivity contribution in [3.05, 3.63) is 54.1 Å². The Morgan fingerprint density at radius 1 is 0.833 bits per heavy atom. The SMILES string of the molecule is CCOCCOc1ccc(C(=O)Nc2ccc(OCC)cc2)cc1. The summed E-state index contributed by atoms with van der Waals surface area (Å²) in [6.45, 7) is 6.21. The van der Waals surface area contributed by atoms with Crippen LogP contribution in [-0.2, 0) is 4.74 Å². The highest BCUT2D eigenvalue weighted by Gasteiger charge is 2.06. The van der Waals surface area contributed by atoms with Crippen molar-refractivity contribution < 1.29 is 19.0 Å². The molecule has 24 heavy (non-hydrogen) atoms. The van der Waals surface area contributed by atoms with Crippen molar-refractivity contribution in [3.63, 3.8) is 0 Å². The third kappa shape index (κ3) is 5.59. The van der Waals surface area contributed by atoms with Crippen LogP contribution in [0.4, 0.5) is 5.69 Å². The lowest BCUT2D eigenvalue weighted by atomic mass is 10.2. The lowest BCUT2D eigenvalue weighted by molar-refractivity contribution is 0.102. The van der Waals surface area contributed by atoms with Crippen LogP contribution < -0.4 is 14.8 Å². The first-order chi connectivity index (χ1) is 11.7. The van der Waals surface area contributed by atoms with Crippen molar-refractivity contribution in [1.29, 1.82) is 0 Å². The van der Waals surface area contributed by atoms with E-state index in [4.69, 9.17) is 14.2 Å². The zero-order valence-corrected chi connectivity index (χ0v) is 14.1. The zero-order chi connectivity index (χ0) is 17.2. The normalized spacial score (nSPS) is 10.2. The highest BCUT2D eigenvalue weighted by Crippen LogP contribution is 2.17. The summed E-state index contributed by atoms with van der Waals surface area (Å²) >= 11 is 0. The second kappa shape index (κ2) is 9.57. The Kier molecular flexibility index (Phi) is 7.11. The average molecular weight is 329 g/mol. The van der Waals surface area contributed by atoms with Gasteiger partial charge in [-0.05, 0) is 62.4 Å². The number of benzene rings is 2. The fourth-order valence-corrected chi connectivity index (χ4v) is 2.07. The summed E-state index contributed by atoms with van der Waals surface area (Å²) in [6, 6.07) is 14.3. The van der Waals surface area contributed by atoms with Gasteiger partial charge in [0.2, 0.25) is 0 Å². The van der Waals surface area contributed by atoms with Gasteiger partial charge in [-0.1, -0.05) is 0 Å². The molecule has 2 rings (SSSR count). The van der Waals surface area contributed by atoms with E-state index in [0.717, 1.165) is 11.4 Å². The standard InChI is InChI=1S/C19H23NO4/c1-3-22-13-14-24-18-9-5-15(6-10-18)19(21)20-16-7-11-17(12-8-16)23-4-2/h5-12H,3-4,13-14H2,1-2H3,(H,20,21). The Morgan fingerprint density at radius 3 is 2.08 bits per heavy atom. The molecule has 0 fully saturated rings. The predicted octanol–water partition coefficient (Wildman–Crippen LogP) is 3.75. The van der Waals surface area contributed by atoms with Crippen molar-refractivity contribution >= 4 is 11.6 Å². The summed E-state index contributed by atoms with van der Waals surface area (Å²) < 4.78 is 16.1. The smallest absolute Gasteiger partial charge is 0.255 e. The minimum atomic E-state index is -0.167. The molecule has 0 radical (unpaired) electrons. The van der Waals surface area contributed by atoms with Crippen molar-refractivity contribution in [3.8, 4) is 11.5 Å². The van der Waals surface area contributed by atoms with Gasteiger partial charge in [0, 0.05) is 17.9 Å². The summed E-state index contributed by atoms with van der Waals surface area (Å²) in [7, 11) is 0. The van der Waals surface area contributed by atoms with E-state index in [1.165, 1.54) is 0 Å². The van der Waals surface area contributed by atoms with E-state index < -0.39 is 0 Å². The largest absolute Gasteiger partial charge is 0.494 e. The van der Waals surface area contributed by atoms with Gasteiger partial charge in [-0.25, -0.2) is 0 Å². The molecule has 0 bridgehead atoms. The first-order valence-corrected chi connectivity index (χ1v) is 8.07. The van der Waals surface area contributed by atoms with E-state index in [1.54, 1.807) is 24.3 Å². The number of hydrogen-bond donors (Lipinski definition) is 1. The first kappa shape index (κ1) is 17.8. The van der Waals surface area contributed by atoms with Crippen molar-refractivity contribution in [1.82, 2.24) is 0 Å². The molecule has 0 saturated carbocycles. The molecule has 0 spiro atoms. The van der Waals surface area contributed by atoms with Gasteiger partial charge in [0.25, 0.3) is 5.91 Å². The summed E-state index contributed by atoms with van der Waals surface area (Å²) in [5.74, 6) is 1.33. The Labute approximate surface area is 142 Å². The van der Waals surface area contributed by atoms with Crippen molar-refractivity contribution in [2.75, 3.05) is 31.7 Å². The number of ether oxygens (including phenoxy) is 3. The van der Waals surface area contributed by atoms with E-state index in [1.807, 2.05) is 38.1 Å². The Hall–Kier alpha value is -2.53. The molecule has 2 aromatic carbocycles. The first-order valence-electron chi connectivity index (χ1n) is 8.07. The molecule has 1 N–H and O–H groups in total. The Bertz CT molecular complexity index is 623. The van der Waals surface area contributed by atoms with Crippen LogP contribution in [0.2, 0.25) is 0 Å². The maximum absolute atomic E-state index is 12.2. The highest BCUT2D eigenvalue weighted by molar-refractivity contribution is 6.04. The maximum atomic E-state index is 12.2. The van der Waals surface area contributed by atoms with Crippen LogP contribution >= 0.6 is 0 Å².